The Labute approximate surface area is 140 Å². The molecule has 3 rings (SSSR count). The monoisotopic (exact) mass is 326 g/mol. The fourth-order valence-electron chi connectivity index (χ4n) is 3.19. The summed E-state index contributed by atoms with van der Waals surface area (Å²) in [5.41, 5.74) is 2.42. The van der Waals surface area contributed by atoms with Crippen LogP contribution in [0.1, 0.15) is 28.9 Å². The summed E-state index contributed by atoms with van der Waals surface area (Å²) in [6, 6.07) is 11.4. The number of pyridine rings is 1. The van der Waals surface area contributed by atoms with E-state index in [1.54, 1.807) is 11.0 Å². The highest BCUT2D eigenvalue weighted by molar-refractivity contribution is 5.95. The van der Waals surface area contributed by atoms with Crippen LogP contribution in [0.4, 0.5) is 0 Å². The SMILES string of the molecule is Cc1[nH]c(=O)c(C(=O)N2CCC(CO)CC2)cc1-c1ccccc1. The molecule has 2 aromatic rings. The van der Waals surface area contributed by atoms with Crippen LogP contribution in [0, 0.1) is 12.8 Å². The van der Waals surface area contributed by atoms with Crippen molar-refractivity contribution in [2.24, 2.45) is 5.92 Å². The highest BCUT2D eigenvalue weighted by atomic mass is 16.3. The molecule has 1 saturated heterocycles. The van der Waals surface area contributed by atoms with Gasteiger partial charge in [-0.2, -0.15) is 0 Å². The third kappa shape index (κ3) is 3.26. The van der Waals surface area contributed by atoms with Crippen LogP contribution in [0.25, 0.3) is 11.1 Å². The molecule has 1 amide bonds. The Balaban J connectivity index is 1.91. The average Bonchev–Trinajstić information content (AvgIpc) is 2.62. The number of aliphatic hydroxyl groups excluding tert-OH is 1. The summed E-state index contributed by atoms with van der Waals surface area (Å²) in [6.07, 6.45) is 1.55. The lowest BCUT2D eigenvalue weighted by Gasteiger charge is -2.31. The van der Waals surface area contributed by atoms with Crippen molar-refractivity contribution in [1.82, 2.24) is 9.88 Å². The van der Waals surface area contributed by atoms with Gasteiger partial charge in [0.15, 0.2) is 0 Å². The minimum Gasteiger partial charge on any atom is -0.396 e. The zero-order valence-corrected chi connectivity index (χ0v) is 13.8. The van der Waals surface area contributed by atoms with Gasteiger partial charge in [0.05, 0.1) is 0 Å². The Kier molecular flexibility index (Phi) is 4.81. The minimum absolute atomic E-state index is 0.158. The first-order chi connectivity index (χ1) is 11.6. The summed E-state index contributed by atoms with van der Waals surface area (Å²) in [4.78, 5) is 29.6. The van der Waals surface area contributed by atoms with E-state index in [9.17, 15) is 14.7 Å². The van der Waals surface area contributed by atoms with Gasteiger partial charge in [0, 0.05) is 31.0 Å². The van der Waals surface area contributed by atoms with Gasteiger partial charge >= 0.3 is 0 Å². The maximum Gasteiger partial charge on any atom is 0.261 e. The summed E-state index contributed by atoms with van der Waals surface area (Å²) in [6.45, 7) is 3.16. The molecule has 2 N–H and O–H groups in total. The molecule has 0 saturated carbocycles. The van der Waals surface area contributed by atoms with Crippen molar-refractivity contribution in [3.8, 4) is 11.1 Å². The predicted molar refractivity (Wildman–Crippen MR) is 92.9 cm³/mol. The highest BCUT2D eigenvalue weighted by Crippen LogP contribution is 2.23. The number of nitrogens with zero attached hydrogens (tertiary/aromatic N) is 1. The lowest BCUT2D eigenvalue weighted by molar-refractivity contribution is 0.0649. The number of carbonyl (C=O) groups excluding carboxylic acids is 1. The largest absolute Gasteiger partial charge is 0.396 e. The van der Waals surface area contributed by atoms with Gasteiger partial charge in [0.2, 0.25) is 0 Å². The molecule has 5 nitrogen and oxygen atoms in total. The van der Waals surface area contributed by atoms with Crippen molar-refractivity contribution >= 4 is 5.91 Å². The first-order valence-corrected chi connectivity index (χ1v) is 8.29. The van der Waals surface area contributed by atoms with Gasteiger partial charge in [0.1, 0.15) is 5.56 Å². The maximum atomic E-state index is 12.8. The maximum absolute atomic E-state index is 12.8. The van der Waals surface area contributed by atoms with Crippen LogP contribution in [0.2, 0.25) is 0 Å². The zero-order chi connectivity index (χ0) is 17.1. The van der Waals surface area contributed by atoms with E-state index in [0.29, 0.717) is 13.1 Å². The number of aliphatic hydroxyl groups is 1. The summed E-state index contributed by atoms with van der Waals surface area (Å²) >= 11 is 0. The Bertz CT molecular complexity index is 775. The number of benzene rings is 1. The Hall–Kier alpha value is -2.40. The van der Waals surface area contributed by atoms with E-state index < -0.39 is 0 Å². The summed E-state index contributed by atoms with van der Waals surface area (Å²) in [7, 11) is 0. The van der Waals surface area contributed by atoms with Gasteiger partial charge in [-0.1, -0.05) is 30.3 Å². The second-order valence-corrected chi connectivity index (χ2v) is 6.33. The third-order valence-electron chi connectivity index (χ3n) is 4.71. The minimum atomic E-state index is -0.346. The van der Waals surface area contributed by atoms with E-state index in [0.717, 1.165) is 29.7 Å². The van der Waals surface area contributed by atoms with Gasteiger partial charge in [-0.3, -0.25) is 9.59 Å². The topological polar surface area (TPSA) is 73.4 Å². The van der Waals surface area contributed by atoms with Gasteiger partial charge in [0.25, 0.3) is 11.5 Å². The number of aromatic nitrogens is 1. The molecule has 0 aliphatic carbocycles. The molecule has 1 aliphatic heterocycles. The van der Waals surface area contributed by atoms with Crippen molar-refractivity contribution in [3.05, 3.63) is 58.0 Å². The van der Waals surface area contributed by atoms with Crippen molar-refractivity contribution in [2.45, 2.75) is 19.8 Å². The van der Waals surface area contributed by atoms with Crippen LogP contribution in [0.5, 0.6) is 0 Å². The normalized spacial score (nSPS) is 15.5. The van der Waals surface area contributed by atoms with Crippen molar-refractivity contribution in [2.75, 3.05) is 19.7 Å². The van der Waals surface area contributed by atoms with E-state index >= 15 is 0 Å². The summed E-state index contributed by atoms with van der Waals surface area (Å²) in [5.74, 6) is 0.0232. The molecular formula is C19H22N2O3. The second kappa shape index (κ2) is 7.01. The van der Waals surface area contributed by atoms with E-state index in [1.807, 2.05) is 37.3 Å². The van der Waals surface area contributed by atoms with Gasteiger partial charge < -0.3 is 15.0 Å². The molecule has 0 bridgehead atoms. The summed E-state index contributed by atoms with van der Waals surface area (Å²) in [5, 5.41) is 9.21. The quantitative estimate of drug-likeness (QED) is 0.908. The summed E-state index contributed by atoms with van der Waals surface area (Å²) < 4.78 is 0. The van der Waals surface area contributed by atoms with E-state index in [2.05, 4.69) is 4.98 Å². The van der Waals surface area contributed by atoms with Crippen LogP contribution < -0.4 is 5.56 Å². The van der Waals surface area contributed by atoms with Crippen LogP contribution in [-0.2, 0) is 0 Å². The molecular weight excluding hydrogens is 304 g/mol. The number of hydrogen-bond donors (Lipinski definition) is 2. The molecule has 1 aromatic heterocycles. The van der Waals surface area contributed by atoms with E-state index in [-0.39, 0.29) is 29.6 Å². The molecule has 0 spiro atoms. The lowest BCUT2D eigenvalue weighted by atomic mass is 9.97. The molecule has 0 unspecified atom stereocenters. The van der Waals surface area contributed by atoms with Gasteiger partial charge in [-0.05, 0) is 37.3 Å². The number of aryl methyl sites for hydroxylation is 1. The standard InChI is InChI=1S/C19H22N2O3/c1-13-16(15-5-3-2-4-6-15)11-17(18(23)20-13)19(24)21-9-7-14(12-22)8-10-21/h2-6,11,14,22H,7-10,12H2,1H3,(H,20,23). The first kappa shape index (κ1) is 16.5. The van der Waals surface area contributed by atoms with E-state index in [1.165, 1.54) is 0 Å². The molecule has 2 heterocycles. The molecule has 1 fully saturated rings. The van der Waals surface area contributed by atoms with Crippen LogP contribution >= 0.6 is 0 Å². The number of H-pyrrole nitrogens is 1. The first-order valence-electron chi connectivity index (χ1n) is 8.29. The number of hydrogen-bond acceptors (Lipinski definition) is 3. The Morgan fingerprint density at radius 1 is 1.25 bits per heavy atom. The molecule has 1 aliphatic rings. The number of carbonyl (C=O) groups is 1. The van der Waals surface area contributed by atoms with Crippen molar-refractivity contribution in [3.63, 3.8) is 0 Å². The van der Waals surface area contributed by atoms with Gasteiger partial charge in [-0.25, -0.2) is 0 Å². The average molecular weight is 326 g/mol. The number of piperidine rings is 1. The third-order valence-corrected chi connectivity index (χ3v) is 4.71. The zero-order valence-electron chi connectivity index (χ0n) is 13.8. The van der Waals surface area contributed by atoms with Crippen LogP contribution in [0.15, 0.2) is 41.2 Å². The molecule has 0 atom stereocenters. The number of aromatic amines is 1. The number of likely N-dealkylation sites (tertiary alicyclic amines) is 1. The molecule has 24 heavy (non-hydrogen) atoms. The predicted octanol–water partition coefficient (Wildman–Crippen LogP) is 2.19. The van der Waals surface area contributed by atoms with Crippen LogP contribution in [-0.4, -0.2) is 40.6 Å². The molecule has 0 radical (unpaired) electrons. The fourth-order valence-corrected chi connectivity index (χ4v) is 3.19. The van der Waals surface area contributed by atoms with E-state index in [4.69, 9.17) is 0 Å². The molecule has 126 valence electrons. The molecule has 5 heteroatoms. The molecule has 1 aromatic carbocycles. The van der Waals surface area contributed by atoms with Gasteiger partial charge in [-0.15, -0.1) is 0 Å². The van der Waals surface area contributed by atoms with Crippen molar-refractivity contribution < 1.29 is 9.90 Å². The van der Waals surface area contributed by atoms with Crippen LogP contribution in [0.3, 0.4) is 0 Å². The Morgan fingerprint density at radius 2 is 1.92 bits per heavy atom. The lowest BCUT2D eigenvalue weighted by Crippen LogP contribution is -2.41. The number of rotatable bonds is 3. The fraction of sp³-hybridized carbons (Fsp3) is 0.368. The smallest absolute Gasteiger partial charge is 0.261 e. The number of nitrogens with one attached hydrogen (secondary N) is 1. The number of amides is 1. The highest BCUT2D eigenvalue weighted by Gasteiger charge is 2.25. The second-order valence-electron chi connectivity index (χ2n) is 6.33. The Morgan fingerprint density at radius 3 is 2.54 bits per heavy atom. The van der Waals surface area contributed by atoms with Crippen molar-refractivity contribution in [1.29, 1.82) is 0 Å².